The zero-order chi connectivity index (χ0) is 13.2. The van der Waals surface area contributed by atoms with E-state index in [-0.39, 0.29) is 6.04 Å². The first-order valence-electron chi connectivity index (χ1n) is 6.88. The van der Waals surface area contributed by atoms with E-state index in [0.29, 0.717) is 5.92 Å². The van der Waals surface area contributed by atoms with Crippen molar-refractivity contribution in [2.45, 2.75) is 38.1 Å². The van der Waals surface area contributed by atoms with Crippen LogP contribution in [0.15, 0.2) is 35.7 Å². The van der Waals surface area contributed by atoms with Crippen LogP contribution >= 0.6 is 11.3 Å². The maximum atomic E-state index is 5.87. The van der Waals surface area contributed by atoms with Crippen LogP contribution in [-0.4, -0.2) is 0 Å². The van der Waals surface area contributed by atoms with Gasteiger partial charge in [0.25, 0.3) is 0 Å². The summed E-state index contributed by atoms with van der Waals surface area (Å²) >= 11 is 1.89. The van der Waals surface area contributed by atoms with Gasteiger partial charge in [0.05, 0.1) is 6.04 Å². The summed E-state index contributed by atoms with van der Waals surface area (Å²) < 4.78 is 0. The minimum Gasteiger partial charge on any atom is -0.271 e. The summed E-state index contributed by atoms with van der Waals surface area (Å²) in [4.78, 5) is 1.55. The van der Waals surface area contributed by atoms with E-state index < -0.39 is 0 Å². The number of nitrogens with one attached hydrogen (secondary N) is 1. The molecule has 0 aliphatic heterocycles. The molecule has 1 aliphatic carbocycles. The summed E-state index contributed by atoms with van der Waals surface area (Å²) in [6, 6.07) is 11.2. The Balaban J connectivity index is 1.96. The van der Waals surface area contributed by atoms with E-state index >= 15 is 0 Å². The number of nitrogens with two attached hydrogens (primary N) is 1. The van der Waals surface area contributed by atoms with Crippen LogP contribution in [0.3, 0.4) is 0 Å². The molecule has 3 N–H and O–H groups in total. The largest absolute Gasteiger partial charge is 0.271 e. The van der Waals surface area contributed by atoms with E-state index in [4.69, 9.17) is 5.84 Å². The van der Waals surface area contributed by atoms with E-state index in [0.717, 1.165) is 0 Å². The molecule has 1 aromatic heterocycles. The zero-order valence-electron chi connectivity index (χ0n) is 11.2. The van der Waals surface area contributed by atoms with Crippen molar-refractivity contribution in [3.05, 3.63) is 57.3 Å². The Labute approximate surface area is 118 Å². The fourth-order valence-electron chi connectivity index (χ4n) is 3.18. The third-order valence-corrected chi connectivity index (χ3v) is 5.08. The SMILES string of the molecule is Cc1cccc(C(NN)C2CCCc3sccc32)c1. The second-order valence-corrected chi connectivity index (χ2v) is 6.36. The maximum absolute atomic E-state index is 5.87. The molecule has 1 aliphatic rings. The lowest BCUT2D eigenvalue weighted by Gasteiger charge is -2.30. The lowest BCUT2D eigenvalue weighted by Crippen LogP contribution is -2.33. The Morgan fingerprint density at radius 1 is 1.37 bits per heavy atom. The molecule has 0 saturated heterocycles. The Morgan fingerprint density at radius 2 is 2.26 bits per heavy atom. The standard InChI is InChI=1S/C16H20N2S/c1-11-4-2-5-12(10-11)16(18-17)14-6-3-7-15-13(14)8-9-19-15/h2,4-5,8-10,14,16,18H,3,6-7,17H2,1H3. The molecule has 0 fully saturated rings. The first kappa shape index (κ1) is 12.9. The van der Waals surface area contributed by atoms with Gasteiger partial charge in [0.2, 0.25) is 0 Å². The normalized spacial score (nSPS) is 20.0. The Morgan fingerprint density at radius 3 is 3.05 bits per heavy atom. The highest BCUT2D eigenvalue weighted by Gasteiger charge is 2.29. The maximum Gasteiger partial charge on any atom is 0.0528 e. The van der Waals surface area contributed by atoms with Crippen molar-refractivity contribution >= 4 is 11.3 Å². The number of aryl methyl sites for hydroxylation is 2. The molecule has 0 saturated carbocycles. The van der Waals surface area contributed by atoms with Gasteiger partial charge in [0.1, 0.15) is 0 Å². The second-order valence-electron chi connectivity index (χ2n) is 5.36. The molecule has 19 heavy (non-hydrogen) atoms. The van der Waals surface area contributed by atoms with Crippen LogP contribution in [0.1, 0.15) is 46.4 Å². The van der Waals surface area contributed by atoms with Crippen molar-refractivity contribution in [3.63, 3.8) is 0 Å². The van der Waals surface area contributed by atoms with Gasteiger partial charge in [-0.2, -0.15) is 0 Å². The molecule has 0 radical (unpaired) electrons. The average Bonchev–Trinajstić information content (AvgIpc) is 2.89. The van der Waals surface area contributed by atoms with Crippen molar-refractivity contribution in [2.75, 3.05) is 0 Å². The molecule has 0 bridgehead atoms. The fourth-order valence-corrected chi connectivity index (χ4v) is 4.17. The fraction of sp³-hybridized carbons (Fsp3) is 0.375. The highest BCUT2D eigenvalue weighted by Crippen LogP contribution is 2.42. The van der Waals surface area contributed by atoms with Crippen molar-refractivity contribution in [3.8, 4) is 0 Å². The number of fused-ring (bicyclic) bond motifs is 1. The Bertz CT molecular complexity index is 561. The topological polar surface area (TPSA) is 38.0 Å². The molecule has 1 heterocycles. The van der Waals surface area contributed by atoms with Crippen LogP contribution in [0.25, 0.3) is 0 Å². The number of rotatable bonds is 3. The molecule has 2 nitrogen and oxygen atoms in total. The van der Waals surface area contributed by atoms with Crippen LogP contribution < -0.4 is 11.3 Å². The van der Waals surface area contributed by atoms with E-state index in [1.165, 1.54) is 36.0 Å². The summed E-state index contributed by atoms with van der Waals surface area (Å²) in [6.45, 7) is 2.13. The van der Waals surface area contributed by atoms with Gasteiger partial charge in [-0.05, 0) is 48.8 Å². The number of thiophene rings is 1. The monoisotopic (exact) mass is 272 g/mol. The summed E-state index contributed by atoms with van der Waals surface area (Å²) in [5.41, 5.74) is 7.14. The first-order valence-corrected chi connectivity index (χ1v) is 7.76. The summed E-state index contributed by atoms with van der Waals surface area (Å²) in [5.74, 6) is 6.37. The van der Waals surface area contributed by atoms with Crippen LogP contribution in [-0.2, 0) is 6.42 Å². The molecular weight excluding hydrogens is 252 g/mol. The molecule has 0 amide bonds. The number of benzene rings is 1. The van der Waals surface area contributed by atoms with Crippen LogP contribution in [0.2, 0.25) is 0 Å². The molecule has 1 aromatic carbocycles. The van der Waals surface area contributed by atoms with E-state index in [1.54, 1.807) is 4.88 Å². The number of hydrogen-bond donors (Lipinski definition) is 2. The van der Waals surface area contributed by atoms with Crippen LogP contribution in [0, 0.1) is 6.92 Å². The summed E-state index contributed by atoms with van der Waals surface area (Å²) in [6.07, 6.45) is 3.71. The van der Waals surface area contributed by atoms with Gasteiger partial charge in [0, 0.05) is 10.8 Å². The molecule has 2 aromatic rings. The van der Waals surface area contributed by atoms with E-state index in [9.17, 15) is 0 Å². The molecule has 3 heteroatoms. The Hall–Kier alpha value is -1.16. The van der Waals surface area contributed by atoms with Crippen LogP contribution in [0.5, 0.6) is 0 Å². The third kappa shape index (κ3) is 2.46. The minimum absolute atomic E-state index is 0.216. The summed E-state index contributed by atoms with van der Waals surface area (Å²) in [7, 11) is 0. The minimum atomic E-state index is 0.216. The molecule has 3 rings (SSSR count). The predicted octanol–water partition coefficient (Wildman–Crippen LogP) is 3.68. The lowest BCUT2D eigenvalue weighted by molar-refractivity contribution is 0.410. The number of hydrazine groups is 1. The second kappa shape index (κ2) is 5.45. The molecule has 2 unspecified atom stereocenters. The highest BCUT2D eigenvalue weighted by molar-refractivity contribution is 7.10. The highest BCUT2D eigenvalue weighted by atomic mass is 32.1. The molecule has 100 valence electrons. The third-order valence-electron chi connectivity index (χ3n) is 4.08. The molecular formula is C16H20N2S. The van der Waals surface area contributed by atoms with Crippen LogP contribution in [0.4, 0.5) is 0 Å². The first-order chi connectivity index (χ1) is 9.29. The zero-order valence-corrected chi connectivity index (χ0v) is 12.0. The smallest absolute Gasteiger partial charge is 0.0528 e. The average molecular weight is 272 g/mol. The van der Waals surface area contributed by atoms with Gasteiger partial charge in [-0.1, -0.05) is 29.8 Å². The van der Waals surface area contributed by atoms with Gasteiger partial charge in [-0.15, -0.1) is 11.3 Å². The van der Waals surface area contributed by atoms with Gasteiger partial charge >= 0.3 is 0 Å². The van der Waals surface area contributed by atoms with Gasteiger partial charge < -0.3 is 0 Å². The van der Waals surface area contributed by atoms with Crippen molar-refractivity contribution in [2.24, 2.45) is 5.84 Å². The quantitative estimate of drug-likeness (QED) is 0.660. The molecule has 2 atom stereocenters. The van der Waals surface area contributed by atoms with E-state index in [1.807, 2.05) is 11.3 Å². The predicted molar refractivity (Wildman–Crippen MR) is 81.2 cm³/mol. The van der Waals surface area contributed by atoms with Crippen molar-refractivity contribution in [1.29, 1.82) is 0 Å². The van der Waals surface area contributed by atoms with E-state index in [2.05, 4.69) is 48.1 Å². The number of hydrogen-bond acceptors (Lipinski definition) is 3. The van der Waals surface area contributed by atoms with Crippen molar-refractivity contribution in [1.82, 2.24) is 5.43 Å². The Kier molecular flexibility index (Phi) is 3.69. The van der Waals surface area contributed by atoms with Crippen molar-refractivity contribution < 1.29 is 0 Å². The van der Waals surface area contributed by atoms with Gasteiger partial charge in [-0.25, -0.2) is 0 Å². The van der Waals surface area contributed by atoms with Gasteiger partial charge in [-0.3, -0.25) is 11.3 Å². The summed E-state index contributed by atoms with van der Waals surface area (Å²) in [5, 5.41) is 2.22. The lowest BCUT2D eigenvalue weighted by atomic mass is 9.80. The van der Waals surface area contributed by atoms with Gasteiger partial charge in [0.15, 0.2) is 0 Å². The molecule has 0 spiro atoms.